The molecule has 0 unspecified atom stereocenters. The third-order valence-corrected chi connectivity index (χ3v) is 3.38. The Morgan fingerprint density at radius 1 is 1.28 bits per heavy atom. The highest BCUT2D eigenvalue weighted by Crippen LogP contribution is 2.27. The van der Waals surface area contributed by atoms with Crippen LogP contribution in [0, 0.1) is 32.8 Å². The topological polar surface area (TPSA) is 146 Å². The number of nitriles is 2. The minimum absolute atomic E-state index is 0.154. The quantitative estimate of drug-likeness (QED) is 0.562. The fourth-order valence-corrected chi connectivity index (χ4v) is 2.23. The molecule has 0 aliphatic rings. The molecule has 0 amide bonds. The van der Waals surface area contributed by atoms with Crippen molar-refractivity contribution < 1.29 is 4.92 Å². The summed E-state index contributed by atoms with van der Waals surface area (Å²) >= 11 is 0. The molecule has 0 saturated carbocycles. The Kier molecular flexibility index (Phi) is 3.94. The summed E-state index contributed by atoms with van der Waals surface area (Å²) in [5.41, 5.74) is 0.761. The number of pyridine rings is 2. The highest BCUT2D eigenvalue weighted by atomic mass is 16.6. The lowest BCUT2D eigenvalue weighted by Crippen LogP contribution is -2.14. The second-order valence-electron chi connectivity index (χ2n) is 5.12. The Morgan fingerprint density at radius 3 is 2.76 bits per heavy atom. The van der Waals surface area contributed by atoms with Crippen molar-refractivity contribution in [3.63, 3.8) is 0 Å². The van der Waals surface area contributed by atoms with E-state index in [9.17, 15) is 10.1 Å². The van der Waals surface area contributed by atoms with Crippen molar-refractivity contribution in [3.8, 4) is 18.0 Å². The van der Waals surface area contributed by atoms with Gasteiger partial charge in [-0.2, -0.15) is 20.3 Å². The van der Waals surface area contributed by atoms with Crippen molar-refractivity contribution in [2.75, 3.05) is 5.32 Å². The summed E-state index contributed by atoms with van der Waals surface area (Å²) in [6.45, 7) is 1.58. The maximum Gasteiger partial charge on any atom is 0.310 e. The first-order chi connectivity index (χ1) is 12.0. The molecule has 1 atom stereocenters. The van der Waals surface area contributed by atoms with Crippen LogP contribution in [0.15, 0.2) is 30.7 Å². The van der Waals surface area contributed by atoms with Crippen LogP contribution in [0.25, 0.3) is 16.9 Å². The lowest BCUT2D eigenvalue weighted by atomic mass is 10.2. The molecule has 0 bridgehead atoms. The van der Waals surface area contributed by atoms with Gasteiger partial charge >= 0.3 is 5.69 Å². The highest BCUT2D eigenvalue weighted by molar-refractivity contribution is 5.77. The fraction of sp³-hybridized carbons (Fsp3) is 0.133. The second-order valence-corrected chi connectivity index (χ2v) is 5.12. The van der Waals surface area contributed by atoms with E-state index in [1.165, 1.54) is 23.1 Å². The largest absolute Gasteiger partial charge is 0.364 e. The second kappa shape index (κ2) is 6.22. The van der Waals surface area contributed by atoms with Gasteiger partial charge in [0.2, 0.25) is 0 Å². The molecule has 122 valence electrons. The first kappa shape index (κ1) is 15.8. The standard InChI is InChI=1S/C15H10N8O2/c1-9(4-16)21-12-3-14(18-8-13(12)23(24)25)22-15-11(7-20-22)2-10(5-17)6-19-15/h2-3,6-9H,1H3,(H,18,21)/t9-/m1/s1. The predicted octanol–water partition coefficient (Wildman–Crippen LogP) is 1.92. The summed E-state index contributed by atoms with van der Waals surface area (Å²) < 4.78 is 1.41. The van der Waals surface area contributed by atoms with E-state index in [0.717, 1.165) is 6.20 Å². The van der Waals surface area contributed by atoms with Crippen molar-refractivity contribution in [3.05, 3.63) is 46.4 Å². The zero-order valence-electron chi connectivity index (χ0n) is 12.9. The lowest BCUT2D eigenvalue weighted by molar-refractivity contribution is -0.384. The molecule has 3 rings (SSSR count). The maximum atomic E-state index is 11.1. The molecule has 25 heavy (non-hydrogen) atoms. The molecule has 10 nitrogen and oxygen atoms in total. The number of fused-ring (bicyclic) bond motifs is 1. The molecule has 0 saturated heterocycles. The van der Waals surface area contributed by atoms with E-state index in [-0.39, 0.29) is 11.4 Å². The Morgan fingerprint density at radius 2 is 2.08 bits per heavy atom. The van der Waals surface area contributed by atoms with Crippen molar-refractivity contribution in [1.29, 1.82) is 10.5 Å². The van der Waals surface area contributed by atoms with Crippen LogP contribution < -0.4 is 5.32 Å². The number of hydrogen-bond acceptors (Lipinski definition) is 8. The lowest BCUT2D eigenvalue weighted by Gasteiger charge is -2.10. The summed E-state index contributed by atoms with van der Waals surface area (Å²) in [6.07, 6.45) is 4.03. The fourth-order valence-electron chi connectivity index (χ4n) is 2.23. The highest BCUT2D eigenvalue weighted by Gasteiger charge is 2.19. The van der Waals surface area contributed by atoms with Gasteiger partial charge in [-0.15, -0.1) is 0 Å². The zero-order chi connectivity index (χ0) is 18.0. The SMILES string of the molecule is C[C@H](C#N)Nc1cc(-n2ncc3cc(C#N)cnc32)ncc1[N+](=O)[O-]. The monoisotopic (exact) mass is 334 g/mol. The van der Waals surface area contributed by atoms with E-state index in [1.807, 2.05) is 12.1 Å². The zero-order valence-corrected chi connectivity index (χ0v) is 12.9. The van der Waals surface area contributed by atoms with E-state index in [0.29, 0.717) is 22.4 Å². The van der Waals surface area contributed by atoms with Gasteiger partial charge in [0.05, 0.1) is 22.8 Å². The predicted molar refractivity (Wildman–Crippen MR) is 86.7 cm³/mol. The minimum atomic E-state index is -0.625. The Balaban J connectivity index is 2.12. The van der Waals surface area contributed by atoms with Crippen LogP contribution in [-0.2, 0) is 0 Å². The summed E-state index contributed by atoms with van der Waals surface area (Å²) in [5, 5.41) is 36.6. The normalized spacial score (nSPS) is 11.5. The van der Waals surface area contributed by atoms with Gasteiger partial charge in [-0.25, -0.2) is 9.97 Å². The van der Waals surface area contributed by atoms with Crippen LogP contribution in [-0.4, -0.2) is 30.7 Å². The van der Waals surface area contributed by atoms with Gasteiger partial charge in [0.25, 0.3) is 0 Å². The van der Waals surface area contributed by atoms with Gasteiger partial charge in [-0.1, -0.05) is 0 Å². The Labute approximate surface area is 141 Å². The third kappa shape index (κ3) is 2.92. The Hall–Kier alpha value is -4.05. The van der Waals surface area contributed by atoms with Gasteiger partial charge in [-0.05, 0) is 13.0 Å². The van der Waals surface area contributed by atoms with E-state index in [2.05, 4.69) is 20.4 Å². The van der Waals surface area contributed by atoms with Gasteiger partial charge in [-0.3, -0.25) is 10.1 Å². The van der Waals surface area contributed by atoms with E-state index < -0.39 is 11.0 Å². The molecule has 0 radical (unpaired) electrons. The molecule has 3 heterocycles. The van der Waals surface area contributed by atoms with Crippen LogP contribution in [0.3, 0.4) is 0 Å². The van der Waals surface area contributed by atoms with Crippen LogP contribution in [0.4, 0.5) is 11.4 Å². The number of nitrogens with one attached hydrogen (secondary N) is 1. The van der Waals surface area contributed by atoms with E-state index in [1.54, 1.807) is 13.0 Å². The summed E-state index contributed by atoms with van der Waals surface area (Å²) in [7, 11) is 0. The molecule has 3 aromatic rings. The van der Waals surface area contributed by atoms with Gasteiger partial charge < -0.3 is 5.32 Å². The summed E-state index contributed by atoms with van der Waals surface area (Å²) in [5.74, 6) is 0.297. The third-order valence-electron chi connectivity index (χ3n) is 3.38. The van der Waals surface area contributed by atoms with Gasteiger partial charge in [0, 0.05) is 17.6 Å². The number of aromatic nitrogens is 4. The molecule has 0 fully saturated rings. The maximum absolute atomic E-state index is 11.1. The average Bonchev–Trinajstić information content (AvgIpc) is 3.04. The van der Waals surface area contributed by atoms with Crippen molar-refractivity contribution >= 4 is 22.4 Å². The number of nitro groups is 1. The Bertz CT molecular complexity index is 1060. The minimum Gasteiger partial charge on any atom is -0.364 e. The van der Waals surface area contributed by atoms with E-state index >= 15 is 0 Å². The van der Waals surface area contributed by atoms with Crippen molar-refractivity contribution in [1.82, 2.24) is 19.7 Å². The van der Waals surface area contributed by atoms with Crippen LogP contribution in [0.1, 0.15) is 12.5 Å². The van der Waals surface area contributed by atoms with Crippen LogP contribution in [0.2, 0.25) is 0 Å². The smallest absolute Gasteiger partial charge is 0.310 e. The van der Waals surface area contributed by atoms with Crippen molar-refractivity contribution in [2.45, 2.75) is 13.0 Å². The molecule has 0 aromatic carbocycles. The molecular formula is C15H10N8O2. The van der Waals surface area contributed by atoms with Gasteiger partial charge in [0.1, 0.15) is 24.0 Å². The molecule has 1 N–H and O–H groups in total. The molecular weight excluding hydrogens is 324 g/mol. The molecule has 3 aromatic heterocycles. The summed E-state index contributed by atoms with van der Waals surface area (Å²) in [6, 6.07) is 6.39. The van der Waals surface area contributed by atoms with E-state index in [4.69, 9.17) is 10.5 Å². The molecule has 10 heteroatoms. The number of nitrogens with zero attached hydrogens (tertiary/aromatic N) is 7. The first-order valence-electron chi connectivity index (χ1n) is 7.08. The number of anilines is 1. The van der Waals surface area contributed by atoms with Gasteiger partial charge in [0.15, 0.2) is 11.5 Å². The molecule has 0 spiro atoms. The van der Waals surface area contributed by atoms with Crippen LogP contribution >= 0.6 is 0 Å². The van der Waals surface area contributed by atoms with Crippen molar-refractivity contribution in [2.24, 2.45) is 0 Å². The summed E-state index contributed by atoms with van der Waals surface area (Å²) in [4.78, 5) is 18.8. The molecule has 0 aliphatic carbocycles. The number of rotatable bonds is 4. The van der Waals surface area contributed by atoms with Crippen LogP contribution in [0.5, 0.6) is 0 Å². The first-order valence-corrected chi connectivity index (χ1v) is 7.08. The number of hydrogen-bond donors (Lipinski definition) is 1. The molecule has 0 aliphatic heterocycles. The average molecular weight is 334 g/mol.